The molecule has 2 aliphatic rings. The number of piperidine rings is 1. The van der Waals surface area contributed by atoms with E-state index in [4.69, 9.17) is 16.4 Å². The molecule has 1 amide bonds. The fourth-order valence-corrected chi connectivity index (χ4v) is 3.25. The number of benzene rings is 1. The van der Waals surface area contributed by atoms with Crippen molar-refractivity contribution in [2.45, 2.75) is 37.7 Å². The molecule has 2 aliphatic heterocycles. The molecule has 1 aromatic carbocycles. The van der Waals surface area contributed by atoms with Gasteiger partial charge in [-0.3, -0.25) is 9.18 Å². The maximum atomic E-state index is 12.2. The molecule has 2 heterocycles. The summed E-state index contributed by atoms with van der Waals surface area (Å²) in [5.74, 6) is 0.0364. The van der Waals surface area contributed by atoms with Gasteiger partial charge in [0.2, 0.25) is 5.91 Å². The zero-order valence-corrected chi connectivity index (χ0v) is 13.7. The van der Waals surface area contributed by atoms with Gasteiger partial charge in [-0.05, 0) is 24.1 Å². The van der Waals surface area contributed by atoms with Crippen LogP contribution >= 0.6 is 11.6 Å². The van der Waals surface area contributed by atoms with Gasteiger partial charge in [-0.2, -0.15) is 0 Å². The Morgan fingerprint density at radius 3 is 2.65 bits per heavy atom. The number of rotatable bonds is 4. The molecule has 6 heteroatoms. The minimum Gasteiger partial charge on any atom is -0.388 e. The second-order valence-corrected chi connectivity index (χ2v) is 6.61. The highest BCUT2D eigenvalue weighted by Gasteiger charge is 2.42. The number of alkyl halides is 1. The van der Waals surface area contributed by atoms with E-state index in [1.54, 1.807) is 0 Å². The van der Waals surface area contributed by atoms with Gasteiger partial charge in [0, 0.05) is 43.8 Å². The molecule has 1 saturated heterocycles. The monoisotopic (exact) mass is 338 g/mol. The SMILES string of the molecule is O=C(CCCF)N1CCC2(CC1)CC(c1ccc(Cl)cc1)=NO2. The van der Waals surface area contributed by atoms with Crippen molar-refractivity contribution in [3.63, 3.8) is 0 Å². The first-order valence-corrected chi connectivity index (χ1v) is 8.34. The summed E-state index contributed by atoms with van der Waals surface area (Å²) in [4.78, 5) is 19.5. The van der Waals surface area contributed by atoms with E-state index in [9.17, 15) is 9.18 Å². The molecule has 1 fully saturated rings. The molecule has 0 aliphatic carbocycles. The van der Waals surface area contributed by atoms with Gasteiger partial charge in [0.1, 0.15) is 5.60 Å². The van der Waals surface area contributed by atoms with Crippen LogP contribution in [0.15, 0.2) is 29.4 Å². The van der Waals surface area contributed by atoms with E-state index in [2.05, 4.69) is 5.16 Å². The summed E-state index contributed by atoms with van der Waals surface area (Å²) in [6.45, 7) is 0.855. The minimum absolute atomic E-state index is 0.0364. The Kier molecular flexibility index (Phi) is 4.85. The second kappa shape index (κ2) is 6.87. The highest BCUT2D eigenvalue weighted by atomic mass is 35.5. The Bertz CT molecular complexity index is 595. The van der Waals surface area contributed by atoms with Crippen LogP contribution in [-0.2, 0) is 9.63 Å². The van der Waals surface area contributed by atoms with Gasteiger partial charge in [-0.25, -0.2) is 0 Å². The normalized spacial score (nSPS) is 19.6. The van der Waals surface area contributed by atoms with Crippen LogP contribution in [0.5, 0.6) is 0 Å². The lowest BCUT2D eigenvalue weighted by molar-refractivity contribution is -0.137. The zero-order chi connectivity index (χ0) is 16.3. The first kappa shape index (κ1) is 16.2. The third kappa shape index (κ3) is 3.66. The van der Waals surface area contributed by atoms with Gasteiger partial charge in [0.25, 0.3) is 0 Å². The first-order valence-electron chi connectivity index (χ1n) is 7.97. The van der Waals surface area contributed by atoms with Crippen LogP contribution in [0.4, 0.5) is 4.39 Å². The minimum atomic E-state index is -0.440. The standard InChI is InChI=1S/C17H20ClFN2O2/c18-14-5-3-13(4-6-14)15-12-17(23-20-15)7-10-21(11-8-17)16(22)2-1-9-19/h3-6H,1-2,7-12H2. The molecule has 3 rings (SSSR count). The van der Waals surface area contributed by atoms with Crippen molar-refractivity contribution in [3.05, 3.63) is 34.9 Å². The van der Waals surface area contributed by atoms with Gasteiger partial charge >= 0.3 is 0 Å². The van der Waals surface area contributed by atoms with Gasteiger partial charge in [0.05, 0.1) is 12.4 Å². The molecule has 0 saturated carbocycles. The molecule has 0 unspecified atom stereocenters. The Labute approximate surface area is 140 Å². The van der Waals surface area contributed by atoms with Crippen LogP contribution in [0.1, 0.15) is 37.7 Å². The maximum absolute atomic E-state index is 12.2. The summed E-state index contributed by atoms with van der Waals surface area (Å²) in [5.41, 5.74) is 1.65. The molecule has 23 heavy (non-hydrogen) atoms. The van der Waals surface area contributed by atoms with E-state index in [0.29, 0.717) is 24.5 Å². The highest BCUT2D eigenvalue weighted by molar-refractivity contribution is 6.30. The van der Waals surface area contributed by atoms with Gasteiger partial charge in [-0.1, -0.05) is 28.9 Å². The summed E-state index contributed by atoms with van der Waals surface area (Å²) in [6.07, 6.45) is 2.86. The summed E-state index contributed by atoms with van der Waals surface area (Å²) in [7, 11) is 0. The van der Waals surface area contributed by atoms with Crippen molar-refractivity contribution in [3.8, 4) is 0 Å². The van der Waals surface area contributed by atoms with Crippen molar-refractivity contribution in [1.82, 2.24) is 4.90 Å². The third-order valence-corrected chi connectivity index (χ3v) is 4.82. The number of halogens is 2. The molecule has 0 bridgehead atoms. The van der Waals surface area contributed by atoms with E-state index in [1.165, 1.54) is 0 Å². The molecular weight excluding hydrogens is 319 g/mol. The number of hydrogen-bond acceptors (Lipinski definition) is 3. The lowest BCUT2D eigenvalue weighted by atomic mass is 9.85. The number of oxime groups is 1. The second-order valence-electron chi connectivity index (χ2n) is 6.17. The summed E-state index contributed by atoms with van der Waals surface area (Å²) >= 11 is 5.91. The fourth-order valence-electron chi connectivity index (χ4n) is 3.13. The van der Waals surface area contributed by atoms with Crippen LogP contribution in [-0.4, -0.2) is 41.9 Å². The van der Waals surface area contributed by atoms with Crippen LogP contribution in [0, 0.1) is 0 Å². The Morgan fingerprint density at radius 1 is 1.30 bits per heavy atom. The van der Waals surface area contributed by atoms with Crippen LogP contribution in [0.25, 0.3) is 0 Å². The molecule has 124 valence electrons. The highest BCUT2D eigenvalue weighted by Crippen LogP contribution is 2.36. The predicted molar refractivity (Wildman–Crippen MR) is 87.4 cm³/mol. The van der Waals surface area contributed by atoms with E-state index in [0.717, 1.165) is 30.5 Å². The van der Waals surface area contributed by atoms with Crippen LogP contribution in [0.3, 0.4) is 0 Å². The molecule has 0 N–H and O–H groups in total. The number of hydrogen-bond donors (Lipinski definition) is 0. The Balaban J connectivity index is 1.56. The van der Waals surface area contributed by atoms with Crippen molar-refractivity contribution in [2.24, 2.45) is 5.16 Å². The van der Waals surface area contributed by atoms with Crippen molar-refractivity contribution in [2.75, 3.05) is 19.8 Å². The fraction of sp³-hybridized carbons (Fsp3) is 0.529. The van der Waals surface area contributed by atoms with E-state index >= 15 is 0 Å². The van der Waals surface area contributed by atoms with E-state index < -0.39 is 6.67 Å². The molecule has 0 radical (unpaired) electrons. The number of carbonyl (C=O) groups is 1. The Hall–Kier alpha value is -1.62. The maximum Gasteiger partial charge on any atom is 0.222 e. The number of likely N-dealkylation sites (tertiary alicyclic amines) is 1. The number of amides is 1. The quantitative estimate of drug-likeness (QED) is 0.842. The van der Waals surface area contributed by atoms with Crippen molar-refractivity contribution in [1.29, 1.82) is 0 Å². The lowest BCUT2D eigenvalue weighted by Gasteiger charge is -2.37. The zero-order valence-electron chi connectivity index (χ0n) is 12.9. The number of carbonyl (C=O) groups excluding carboxylic acids is 1. The smallest absolute Gasteiger partial charge is 0.222 e. The van der Waals surface area contributed by atoms with Crippen LogP contribution in [0.2, 0.25) is 5.02 Å². The summed E-state index contributed by atoms with van der Waals surface area (Å²) in [5, 5.41) is 4.95. The Morgan fingerprint density at radius 2 is 2.00 bits per heavy atom. The average molecular weight is 339 g/mol. The first-order chi connectivity index (χ1) is 11.1. The number of nitrogens with zero attached hydrogens (tertiary/aromatic N) is 2. The predicted octanol–water partition coefficient (Wildman–Crippen LogP) is 3.58. The molecule has 4 nitrogen and oxygen atoms in total. The van der Waals surface area contributed by atoms with Gasteiger partial charge in [0.15, 0.2) is 0 Å². The molecular formula is C17H20ClFN2O2. The van der Waals surface area contributed by atoms with Crippen molar-refractivity contribution < 1.29 is 14.0 Å². The largest absolute Gasteiger partial charge is 0.388 e. The molecule has 0 atom stereocenters. The molecule has 1 aromatic rings. The topological polar surface area (TPSA) is 41.9 Å². The van der Waals surface area contributed by atoms with E-state index in [-0.39, 0.29) is 17.9 Å². The lowest BCUT2D eigenvalue weighted by Crippen LogP contribution is -2.46. The van der Waals surface area contributed by atoms with E-state index in [1.807, 2.05) is 29.2 Å². The van der Waals surface area contributed by atoms with Crippen LogP contribution < -0.4 is 0 Å². The average Bonchev–Trinajstić information content (AvgIpc) is 2.98. The summed E-state index contributed by atoms with van der Waals surface area (Å²) < 4.78 is 12.2. The molecule has 1 spiro atoms. The molecule has 0 aromatic heterocycles. The third-order valence-electron chi connectivity index (χ3n) is 4.57. The summed E-state index contributed by atoms with van der Waals surface area (Å²) in [6, 6.07) is 7.57. The van der Waals surface area contributed by atoms with Gasteiger partial charge in [-0.15, -0.1) is 0 Å². The van der Waals surface area contributed by atoms with Crippen molar-refractivity contribution >= 4 is 23.2 Å². The van der Waals surface area contributed by atoms with Gasteiger partial charge < -0.3 is 9.74 Å².